The lowest BCUT2D eigenvalue weighted by Gasteiger charge is -2.00. The fourth-order valence-electron chi connectivity index (χ4n) is 2.09. The molecule has 0 bridgehead atoms. The van der Waals surface area contributed by atoms with Crippen molar-refractivity contribution in [1.29, 1.82) is 0 Å². The summed E-state index contributed by atoms with van der Waals surface area (Å²) in [7, 11) is 0. The Labute approximate surface area is 134 Å². The molecule has 0 saturated heterocycles. The molecule has 0 unspecified atom stereocenters. The van der Waals surface area contributed by atoms with Crippen LogP contribution >= 0.6 is 15.9 Å². The molecule has 0 aliphatic heterocycles. The van der Waals surface area contributed by atoms with Crippen molar-refractivity contribution >= 4 is 39.1 Å². The van der Waals surface area contributed by atoms with Gasteiger partial charge in [0.05, 0.1) is 11.3 Å². The zero-order chi connectivity index (χ0) is 15.7. The lowest BCUT2D eigenvalue weighted by atomic mass is 10.2. The van der Waals surface area contributed by atoms with Crippen LogP contribution in [0.5, 0.6) is 0 Å². The summed E-state index contributed by atoms with van der Waals surface area (Å²) in [5.41, 5.74) is 1.88. The number of aryl methyl sites for hydroxylation is 1. The summed E-state index contributed by atoms with van der Waals surface area (Å²) in [6.07, 6.45) is 1.84. The van der Waals surface area contributed by atoms with E-state index in [0.717, 1.165) is 15.8 Å². The summed E-state index contributed by atoms with van der Waals surface area (Å²) >= 11 is 3.40. The van der Waals surface area contributed by atoms with Crippen LogP contribution in [0.2, 0.25) is 0 Å². The highest BCUT2D eigenvalue weighted by Crippen LogP contribution is 2.26. The van der Waals surface area contributed by atoms with E-state index in [1.165, 1.54) is 6.07 Å². The second-order valence-corrected chi connectivity index (χ2v) is 5.53. The third-order valence-corrected chi connectivity index (χ3v) is 3.58. The lowest BCUT2D eigenvalue weighted by molar-refractivity contribution is 0.0698. The van der Waals surface area contributed by atoms with Crippen molar-refractivity contribution < 1.29 is 9.90 Å². The summed E-state index contributed by atoms with van der Waals surface area (Å²) in [5, 5.41) is 17.4. The number of carbonyl (C=O) groups is 1. The average Bonchev–Trinajstić information content (AvgIpc) is 2.80. The maximum absolute atomic E-state index is 11.2. The molecule has 0 atom stereocenters. The van der Waals surface area contributed by atoms with Gasteiger partial charge in [-0.25, -0.2) is 9.78 Å². The fourth-order valence-corrected chi connectivity index (χ4v) is 2.42. The Kier molecular flexibility index (Phi) is 3.72. The van der Waals surface area contributed by atoms with Crippen molar-refractivity contribution in [2.75, 3.05) is 0 Å². The van der Waals surface area contributed by atoms with Crippen molar-refractivity contribution in [3.05, 3.63) is 58.3 Å². The molecule has 6 nitrogen and oxygen atoms in total. The van der Waals surface area contributed by atoms with Crippen LogP contribution in [0.15, 0.2) is 57.3 Å². The van der Waals surface area contributed by atoms with Crippen LogP contribution in [-0.4, -0.2) is 20.5 Å². The maximum Gasteiger partial charge on any atom is 0.337 e. The second kappa shape index (κ2) is 5.69. The fraction of sp³-hybridized carbons (Fsp3) is 0.0667. The normalized spacial score (nSPS) is 11.4. The smallest absolute Gasteiger partial charge is 0.337 e. The molecule has 0 amide bonds. The van der Waals surface area contributed by atoms with Gasteiger partial charge in [0.15, 0.2) is 5.82 Å². The number of carboxylic acids is 1. The van der Waals surface area contributed by atoms with E-state index in [4.69, 9.17) is 5.11 Å². The average molecular weight is 359 g/mol. The van der Waals surface area contributed by atoms with Crippen LogP contribution in [-0.2, 0) is 0 Å². The van der Waals surface area contributed by atoms with E-state index in [9.17, 15) is 4.79 Å². The minimum Gasteiger partial charge on any atom is -0.478 e. The van der Waals surface area contributed by atoms with E-state index in [1.807, 2.05) is 25.3 Å². The first-order valence-electron chi connectivity index (χ1n) is 6.44. The lowest BCUT2D eigenvalue weighted by Crippen LogP contribution is -1.95. The van der Waals surface area contributed by atoms with Gasteiger partial charge in [0.1, 0.15) is 11.3 Å². The molecule has 0 aliphatic rings. The first kappa shape index (κ1) is 14.4. The quantitative estimate of drug-likeness (QED) is 0.699. The molecular weight excluding hydrogens is 348 g/mol. The molecule has 1 aromatic carbocycles. The van der Waals surface area contributed by atoms with E-state index in [0.29, 0.717) is 11.5 Å². The van der Waals surface area contributed by atoms with E-state index in [1.54, 1.807) is 22.6 Å². The van der Waals surface area contributed by atoms with E-state index < -0.39 is 5.97 Å². The van der Waals surface area contributed by atoms with Crippen LogP contribution in [0.4, 0.5) is 11.5 Å². The third-order valence-electron chi connectivity index (χ3n) is 3.11. The molecule has 7 heteroatoms. The number of azo groups is 1. The molecule has 22 heavy (non-hydrogen) atoms. The largest absolute Gasteiger partial charge is 0.478 e. The zero-order valence-electron chi connectivity index (χ0n) is 11.6. The Hall–Kier alpha value is -2.54. The van der Waals surface area contributed by atoms with Gasteiger partial charge in [0.2, 0.25) is 0 Å². The van der Waals surface area contributed by atoms with E-state index in [2.05, 4.69) is 31.1 Å². The molecule has 0 fully saturated rings. The van der Waals surface area contributed by atoms with Crippen LogP contribution in [0.3, 0.4) is 0 Å². The van der Waals surface area contributed by atoms with Crippen molar-refractivity contribution in [2.24, 2.45) is 10.2 Å². The number of rotatable bonds is 3. The number of benzene rings is 1. The topological polar surface area (TPSA) is 79.3 Å². The standard InChI is InChI=1S/C15H11BrN4O2/c1-9-14(20-8-10(16)6-7-13(20)17-9)19-18-12-5-3-2-4-11(12)15(21)22/h2-8H,1H3,(H,21,22). The molecular formula is C15H11BrN4O2. The second-order valence-electron chi connectivity index (χ2n) is 4.62. The molecule has 1 N–H and O–H groups in total. The summed E-state index contributed by atoms with van der Waals surface area (Å²) in [5.74, 6) is -0.469. The molecule has 3 aromatic rings. The number of carboxylic acid groups (broad SMARTS) is 1. The van der Waals surface area contributed by atoms with Crippen LogP contribution < -0.4 is 0 Å². The molecule has 2 aromatic heterocycles. The van der Waals surface area contributed by atoms with Crippen LogP contribution in [0.1, 0.15) is 16.1 Å². The number of hydrogen-bond acceptors (Lipinski definition) is 4. The Morgan fingerprint density at radius 3 is 2.77 bits per heavy atom. The maximum atomic E-state index is 11.2. The predicted molar refractivity (Wildman–Crippen MR) is 85.2 cm³/mol. The Balaban J connectivity index is 2.09. The molecule has 0 saturated carbocycles. The predicted octanol–water partition coefficient (Wildman–Crippen LogP) is 4.52. The minimum atomic E-state index is -1.04. The van der Waals surface area contributed by atoms with Gasteiger partial charge in [-0.05, 0) is 47.1 Å². The number of aromatic nitrogens is 2. The van der Waals surface area contributed by atoms with Crippen molar-refractivity contribution in [2.45, 2.75) is 6.92 Å². The van der Waals surface area contributed by atoms with Gasteiger partial charge in [-0.2, -0.15) is 0 Å². The number of pyridine rings is 1. The summed E-state index contributed by atoms with van der Waals surface area (Å²) < 4.78 is 2.69. The summed E-state index contributed by atoms with van der Waals surface area (Å²) in [6, 6.07) is 10.2. The van der Waals surface area contributed by atoms with Crippen LogP contribution in [0.25, 0.3) is 5.65 Å². The van der Waals surface area contributed by atoms with Gasteiger partial charge in [-0.3, -0.25) is 4.40 Å². The number of hydrogen-bond donors (Lipinski definition) is 1. The summed E-state index contributed by atoms with van der Waals surface area (Å²) in [6.45, 7) is 1.83. The monoisotopic (exact) mass is 358 g/mol. The number of imidazole rings is 1. The molecule has 0 aliphatic carbocycles. The van der Waals surface area contributed by atoms with Gasteiger partial charge in [0, 0.05) is 10.7 Å². The van der Waals surface area contributed by atoms with Crippen LogP contribution in [0, 0.1) is 6.92 Å². The molecule has 0 radical (unpaired) electrons. The highest BCUT2D eigenvalue weighted by atomic mass is 79.9. The highest BCUT2D eigenvalue weighted by molar-refractivity contribution is 9.10. The number of aromatic carboxylic acids is 1. The number of fused-ring (bicyclic) bond motifs is 1. The first-order chi connectivity index (χ1) is 10.6. The Morgan fingerprint density at radius 1 is 1.23 bits per heavy atom. The SMILES string of the molecule is Cc1nc2ccc(Br)cn2c1N=Nc1ccccc1C(=O)O. The minimum absolute atomic E-state index is 0.110. The van der Waals surface area contributed by atoms with Gasteiger partial charge >= 0.3 is 5.97 Å². The van der Waals surface area contributed by atoms with E-state index >= 15 is 0 Å². The van der Waals surface area contributed by atoms with Gasteiger partial charge in [-0.1, -0.05) is 12.1 Å². The first-order valence-corrected chi connectivity index (χ1v) is 7.24. The van der Waals surface area contributed by atoms with Gasteiger partial charge in [-0.15, -0.1) is 10.2 Å². The summed E-state index contributed by atoms with van der Waals surface area (Å²) in [4.78, 5) is 15.6. The highest BCUT2D eigenvalue weighted by Gasteiger charge is 2.11. The number of halogens is 1. The molecule has 110 valence electrons. The van der Waals surface area contributed by atoms with Crippen molar-refractivity contribution in [3.8, 4) is 0 Å². The van der Waals surface area contributed by atoms with Crippen molar-refractivity contribution in [3.63, 3.8) is 0 Å². The third kappa shape index (κ3) is 2.62. The van der Waals surface area contributed by atoms with Crippen molar-refractivity contribution in [1.82, 2.24) is 9.38 Å². The van der Waals surface area contributed by atoms with E-state index in [-0.39, 0.29) is 5.56 Å². The Bertz CT molecular complexity index is 902. The molecule has 0 spiro atoms. The Morgan fingerprint density at radius 2 is 2.00 bits per heavy atom. The molecule has 3 rings (SSSR count). The number of nitrogens with zero attached hydrogens (tertiary/aromatic N) is 4. The van der Waals surface area contributed by atoms with Gasteiger partial charge < -0.3 is 5.11 Å². The zero-order valence-corrected chi connectivity index (χ0v) is 13.1. The molecule has 2 heterocycles. The van der Waals surface area contributed by atoms with Gasteiger partial charge in [0.25, 0.3) is 0 Å².